The first-order chi connectivity index (χ1) is 12.8. The van der Waals surface area contributed by atoms with Gasteiger partial charge in [0.2, 0.25) is 0 Å². The van der Waals surface area contributed by atoms with E-state index in [0.29, 0.717) is 11.4 Å². The van der Waals surface area contributed by atoms with Gasteiger partial charge in [0.05, 0.1) is 29.4 Å². The molecule has 3 aromatic rings. The van der Waals surface area contributed by atoms with E-state index in [9.17, 15) is 0 Å². The van der Waals surface area contributed by atoms with Crippen molar-refractivity contribution < 1.29 is 9.84 Å². The van der Waals surface area contributed by atoms with Crippen LogP contribution in [-0.4, -0.2) is 18.3 Å². The average Bonchev–Trinajstić information content (AvgIpc) is 2.71. The molecule has 0 atom stereocenters. The molecule has 0 aliphatic heterocycles. The zero-order valence-corrected chi connectivity index (χ0v) is 14.1. The number of aliphatic hydroxyl groups excluding tert-OH is 1. The van der Waals surface area contributed by atoms with Crippen molar-refractivity contribution in [3.05, 3.63) is 78.9 Å². The van der Waals surface area contributed by atoms with Crippen LogP contribution in [0.4, 0.5) is 22.7 Å². The highest BCUT2D eigenvalue weighted by Gasteiger charge is 1.96. The van der Waals surface area contributed by atoms with E-state index in [4.69, 9.17) is 9.84 Å². The summed E-state index contributed by atoms with van der Waals surface area (Å²) in [5.41, 5.74) is 3.00. The minimum absolute atomic E-state index is 0.0115. The molecule has 26 heavy (non-hydrogen) atoms. The molecular weight excluding hydrogens is 328 g/mol. The van der Waals surface area contributed by atoms with Crippen LogP contribution in [-0.2, 0) is 0 Å². The molecule has 3 rings (SSSR count). The van der Waals surface area contributed by atoms with Gasteiger partial charge in [0.1, 0.15) is 12.4 Å². The highest BCUT2D eigenvalue weighted by molar-refractivity contribution is 5.48. The third kappa shape index (κ3) is 5.32. The van der Waals surface area contributed by atoms with E-state index in [1.807, 2.05) is 54.6 Å². The number of hydrogen-bond donors (Lipinski definition) is 1. The largest absolute Gasteiger partial charge is 0.491 e. The molecule has 0 amide bonds. The molecule has 6 heteroatoms. The lowest BCUT2D eigenvalue weighted by atomic mass is 10.3. The Kier molecular flexibility index (Phi) is 6.17. The molecule has 0 aliphatic rings. The normalized spacial score (nSPS) is 11.3. The van der Waals surface area contributed by atoms with Crippen molar-refractivity contribution in [3.63, 3.8) is 0 Å². The van der Waals surface area contributed by atoms with E-state index in [1.165, 1.54) is 0 Å². The van der Waals surface area contributed by atoms with E-state index in [0.717, 1.165) is 17.1 Å². The summed E-state index contributed by atoms with van der Waals surface area (Å²) in [6.45, 7) is 0.261. The lowest BCUT2D eigenvalue weighted by molar-refractivity contribution is 0.201. The Balaban J connectivity index is 1.60. The van der Waals surface area contributed by atoms with Crippen LogP contribution in [0.5, 0.6) is 5.75 Å². The quantitative estimate of drug-likeness (QED) is 0.541. The van der Waals surface area contributed by atoms with Gasteiger partial charge in [-0.15, -0.1) is 0 Å². The first-order valence-corrected chi connectivity index (χ1v) is 8.16. The number of rotatable bonds is 7. The summed E-state index contributed by atoms with van der Waals surface area (Å²) in [6, 6.07) is 24.1. The molecule has 0 radical (unpaired) electrons. The van der Waals surface area contributed by atoms with Crippen LogP contribution in [0.2, 0.25) is 0 Å². The van der Waals surface area contributed by atoms with Crippen molar-refractivity contribution in [1.29, 1.82) is 0 Å². The predicted molar refractivity (Wildman–Crippen MR) is 100 cm³/mol. The van der Waals surface area contributed by atoms with Gasteiger partial charge in [-0.25, -0.2) is 0 Å². The minimum Gasteiger partial charge on any atom is -0.491 e. The van der Waals surface area contributed by atoms with Gasteiger partial charge in [-0.1, -0.05) is 18.2 Å². The van der Waals surface area contributed by atoms with Gasteiger partial charge in [-0.05, 0) is 60.7 Å². The van der Waals surface area contributed by atoms with Crippen molar-refractivity contribution in [2.24, 2.45) is 20.5 Å². The molecule has 0 aliphatic carbocycles. The fourth-order valence-electron chi connectivity index (χ4n) is 2.08. The van der Waals surface area contributed by atoms with Crippen LogP contribution in [0.3, 0.4) is 0 Å². The maximum Gasteiger partial charge on any atom is 0.119 e. The van der Waals surface area contributed by atoms with Crippen LogP contribution in [0.1, 0.15) is 0 Å². The molecule has 1 N–H and O–H groups in total. The molecule has 0 saturated heterocycles. The second kappa shape index (κ2) is 9.19. The Morgan fingerprint density at radius 3 is 1.46 bits per heavy atom. The standard InChI is InChI=1S/C20H18N4O2/c25-14-15-26-20-12-10-19(11-13-20)24-23-18-8-6-17(7-9-18)22-21-16-4-2-1-3-5-16/h1-13,25H,14-15H2. The van der Waals surface area contributed by atoms with Crippen LogP contribution < -0.4 is 4.74 Å². The first-order valence-electron chi connectivity index (χ1n) is 8.16. The lowest BCUT2D eigenvalue weighted by Crippen LogP contribution is -2.00. The summed E-state index contributed by atoms with van der Waals surface area (Å²) < 4.78 is 5.30. The monoisotopic (exact) mass is 346 g/mol. The molecule has 0 heterocycles. The maximum atomic E-state index is 8.73. The highest BCUT2D eigenvalue weighted by atomic mass is 16.5. The summed E-state index contributed by atoms with van der Waals surface area (Å²) in [5, 5.41) is 25.5. The number of benzene rings is 3. The predicted octanol–water partition coefficient (Wildman–Crippen LogP) is 5.89. The van der Waals surface area contributed by atoms with E-state index < -0.39 is 0 Å². The lowest BCUT2D eigenvalue weighted by Gasteiger charge is -2.03. The second-order valence-electron chi connectivity index (χ2n) is 5.32. The third-order valence-electron chi connectivity index (χ3n) is 3.36. The topological polar surface area (TPSA) is 78.9 Å². The molecule has 3 aromatic carbocycles. The van der Waals surface area contributed by atoms with Crippen molar-refractivity contribution in [1.82, 2.24) is 0 Å². The smallest absolute Gasteiger partial charge is 0.119 e. The number of hydrogen-bond acceptors (Lipinski definition) is 6. The Bertz CT molecular complexity index is 861. The molecule has 0 unspecified atom stereocenters. The number of ether oxygens (including phenoxy) is 1. The van der Waals surface area contributed by atoms with Crippen molar-refractivity contribution in [2.45, 2.75) is 0 Å². The zero-order chi connectivity index (χ0) is 18.0. The van der Waals surface area contributed by atoms with Crippen molar-refractivity contribution in [3.8, 4) is 5.75 Å². The van der Waals surface area contributed by atoms with E-state index >= 15 is 0 Å². The minimum atomic E-state index is -0.0115. The van der Waals surface area contributed by atoms with Gasteiger partial charge in [0.25, 0.3) is 0 Å². The number of azo groups is 2. The molecule has 6 nitrogen and oxygen atoms in total. The van der Waals surface area contributed by atoms with E-state index in [1.54, 1.807) is 24.3 Å². The SMILES string of the molecule is OCCOc1ccc(N=Nc2ccc(N=Nc3ccccc3)cc2)cc1. The Morgan fingerprint density at radius 2 is 1.00 bits per heavy atom. The third-order valence-corrected chi connectivity index (χ3v) is 3.36. The second-order valence-corrected chi connectivity index (χ2v) is 5.32. The Labute approximate surface area is 151 Å². The number of aliphatic hydroxyl groups is 1. The molecule has 0 bridgehead atoms. The van der Waals surface area contributed by atoms with Crippen LogP contribution in [0.25, 0.3) is 0 Å². The van der Waals surface area contributed by atoms with Gasteiger partial charge in [0, 0.05) is 0 Å². The van der Waals surface area contributed by atoms with Gasteiger partial charge >= 0.3 is 0 Å². The van der Waals surface area contributed by atoms with Gasteiger partial charge in [-0.2, -0.15) is 20.5 Å². The molecular formula is C20H18N4O2. The molecule has 0 spiro atoms. The average molecular weight is 346 g/mol. The van der Waals surface area contributed by atoms with Crippen LogP contribution in [0.15, 0.2) is 99.3 Å². The summed E-state index contributed by atoms with van der Waals surface area (Å²) >= 11 is 0. The highest BCUT2D eigenvalue weighted by Crippen LogP contribution is 2.24. The fourth-order valence-corrected chi connectivity index (χ4v) is 2.08. The number of nitrogens with zero attached hydrogens (tertiary/aromatic N) is 4. The van der Waals surface area contributed by atoms with Crippen molar-refractivity contribution in [2.75, 3.05) is 13.2 Å². The Morgan fingerprint density at radius 1 is 0.577 bits per heavy atom. The van der Waals surface area contributed by atoms with Gasteiger partial charge in [0.15, 0.2) is 0 Å². The fraction of sp³-hybridized carbons (Fsp3) is 0.100. The van der Waals surface area contributed by atoms with Crippen molar-refractivity contribution >= 4 is 22.7 Å². The first kappa shape index (κ1) is 17.4. The van der Waals surface area contributed by atoms with Crippen LogP contribution in [0, 0.1) is 0 Å². The summed E-state index contributed by atoms with van der Waals surface area (Å²) in [4.78, 5) is 0. The van der Waals surface area contributed by atoms with E-state index in [2.05, 4.69) is 20.5 Å². The molecule has 0 aromatic heterocycles. The summed E-state index contributed by atoms with van der Waals surface area (Å²) in [6.07, 6.45) is 0. The van der Waals surface area contributed by atoms with Gasteiger partial charge < -0.3 is 9.84 Å². The van der Waals surface area contributed by atoms with Gasteiger partial charge in [-0.3, -0.25) is 0 Å². The Hall–Kier alpha value is -3.38. The van der Waals surface area contributed by atoms with Crippen LogP contribution >= 0.6 is 0 Å². The zero-order valence-electron chi connectivity index (χ0n) is 14.1. The summed E-state index contributed by atoms with van der Waals surface area (Å²) in [7, 11) is 0. The molecule has 0 fully saturated rings. The molecule has 0 saturated carbocycles. The summed E-state index contributed by atoms with van der Waals surface area (Å²) in [5.74, 6) is 0.686. The van der Waals surface area contributed by atoms with E-state index in [-0.39, 0.29) is 13.2 Å². The maximum absolute atomic E-state index is 8.73. The molecule has 130 valence electrons.